The summed E-state index contributed by atoms with van der Waals surface area (Å²) in [6.07, 6.45) is -1.02. The first-order chi connectivity index (χ1) is 17.0. The molecule has 1 amide bonds. The average molecular weight is 503 g/mol. The molecule has 0 radical (unpaired) electrons. The summed E-state index contributed by atoms with van der Waals surface area (Å²) in [4.78, 5) is 36.5. The van der Waals surface area contributed by atoms with Gasteiger partial charge in [-0.15, -0.1) is 0 Å². The second kappa shape index (κ2) is 7.73. The Balaban J connectivity index is 1.46. The van der Waals surface area contributed by atoms with Crippen molar-refractivity contribution in [3.8, 4) is 5.82 Å². The maximum absolute atomic E-state index is 14.7. The van der Waals surface area contributed by atoms with Crippen molar-refractivity contribution in [3.63, 3.8) is 0 Å². The molecule has 2 saturated carbocycles. The van der Waals surface area contributed by atoms with Gasteiger partial charge >= 0.3 is 6.18 Å². The molecule has 3 fully saturated rings. The molecule has 3 aromatic rings. The zero-order valence-corrected chi connectivity index (χ0v) is 18.8. The first kappa shape index (κ1) is 22.9. The summed E-state index contributed by atoms with van der Waals surface area (Å²) in [5.41, 5.74) is -2.17. The number of pyridine rings is 3. The summed E-state index contributed by atoms with van der Waals surface area (Å²) in [5.74, 6) is -2.41. The maximum Gasteiger partial charge on any atom is 0.408 e. The van der Waals surface area contributed by atoms with E-state index in [1.54, 1.807) is 6.07 Å². The fourth-order valence-electron chi connectivity index (χ4n) is 4.99. The van der Waals surface area contributed by atoms with Crippen LogP contribution in [0.3, 0.4) is 0 Å². The van der Waals surface area contributed by atoms with Gasteiger partial charge in [0.1, 0.15) is 17.4 Å². The van der Waals surface area contributed by atoms with E-state index in [-0.39, 0.29) is 22.8 Å². The molecule has 3 aliphatic rings. The number of fused-ring (bicyclic) bond motifs is 2. The predicted molar refractivity (Wildman–Crippen MR) is 120 cm³/mol. The molecule has 1 aliphatic heterocycles. The van der Waals surface area contributed by atoms with Crippen LogP contribution in [0, 0.1) is 17.7 Å². The quantitative estimate of drug-likeness (QED) is 0.520. The number of carbonyl (C=O) groups excluding carboxylic acids is 1. The van der Waals surface area contributed by atoms with Crippen molar-refractivity contribution < 1.29 is 27.5 Å². The third-order valence-corrected chi connectivity index (χ3v) is 7.21. The number of carbonyl (C=O) groups is 1. The first-order valence-electron chi connectivity index (χ1n) is 11.6. The zero-order valence-electron chi connectivity index (χ0n) is 18.8. The molecule has 8 nitrogen and oxygen atoms in total. The van der Waals surface area contributed by atoms with Gasteiger partial charge in [0.05, 0.1) is 11.0 Å². The Morgan fingerprint density at radius 1 is 1.25 bits per heavy atom. The number of rotatable bonds is 5. The molecular weight excluding hydrogens is 482 g/mol. The number of aromatic nitrogens is 3. The Hall–Kier alpha value is -3.54. The number of alkyl halides is 3. The van der Waals surface area contributed by atoms with Gasteiger partial charge in [-0.2, -0.15) is 13.2 Å². The molecular formula is C24H21F4N5O3. The third-order valence-electron chi connectivity index (χ3n) is 7.21. The van der Waals surface area contributed by atoms with Crippen LogP contribution >= 0.6 is 0 Å². The summed E-state index contributed by atoms with van der Waals surface area (Å²) in [5, 5.41) is 12.3. The Morgan fingerprint density at radius 3 is 2.67 bits per heavy atom. The van der Waals surface area contributed by atoms with E-state index in [1.165, 1.54) is 18.3 Å². The second-order valence-electron chi connectivity index (χ2n) is 9.81. The van der Waals surface area contributed by atoms with Crippen molar-refractivity contribution in [2.45, 2.75) is 37.1 Å². The molecule has 36 heavy (non-hydrogen) atoms. The van der Waals surface area contributed by atoms with Crippen LogP contribution < -0.4 is 15.6 Å². The van der Waals surface area contributed by atoms with Crippen molar-refractivity contribution in [3.05, 3.63) is 58.3 Å². The van der Waals surface area contributed by atoms with Crippen LogP contribution in [-0.2, 0) is 0 Å². The van der Waals surface area contributed by atoms with E-state index in [0.29, 0.717) is 38.2 Å². The van der Waals surface area contributed by atoms with E-state index in [0.717, 1.165) is 16.8 Å². The molecule has 3 aromatic heterocycles. The molecule has 0 spiro atoms. The Bertz CT molecular complexity index is 1450. The van der Waals surface area contributed by atoms with Crippen LogP contribution in [0.5, 0.6) is 0 Å². The number of amides is 1. The summed E-state index contributed by atoms with van der Waals surface area (Å²) in [7, 11) is 0. The van der Waals surface area contributed by atoms with E-state index in [1.807, 2.05) is 10.2 Å². The topological polar surface area (TPSA) is 100 Å². The monoisotopic (exact) mass is 503 g/mol. The lowest BCUT2D eigenvalue weighted by atomic mass is 10.1. The fourth-order valence-corrected chi connectivity index (χ4v) is 4.99. The lowest BCUT2D eigenvalue weighted by molar-refractivity contribution is -0.158. The summed E-state index contributed by atoms with van der Waals surface area (Å²) >= 11 is 0. The predicted octanol–water partition coefficient (Wildman–Crippen LogP) is 2.56. The Morgan fingerprint density at radius 2 is 2.03 bits per heavy atom. The summed E-state index contributed by atoms with van der Waals surface area (Å²) < 4.78 is 56.3. The van der Waals surface area contributed by atoms with Crippen molar-refractivity contribution in [1.82, 2.24) is 19.9 Å². The van der Waals surface area contributed by atoms with E-state index in [4.69, 9.17) is 0 Å². The maximum atomic E-state index is 14.7. The number of aliphatic hydroxyl groups is 1. The lowest BCUT2D eigenvalue weighted by Crippen LogP contribution is -2.48. The number of hydrogen-bond acceptors (Lipinski definition) is 6. The van der Waals surface area contributed by atoms with Crippen molar-refractivity contribution >= 4 is 22.8 Å². The Kier molecular flexibility index (Phi) is 4.91. The summed E-state index contributed by atoms with van der Waals surface area (Å²) in [6, 6.07) is 3.36. The van der Waals surface area contributed by atoms with Crippen molar-refractivity contribution in [2.24, 2.45) is 11.8 Å². The van der Waals surface area contributed by atoms with Crippen LogP contribution in [0.25, 0.3) is 16.9 Å². The van der Waals surface area contributed by atoms with Gasteiger partial charge in [0, 0.05) is 31.4 Å². The molecule has 0 aromatic carbocycles. The Labute approximate surface area is 201 Å². The number of nitrogens with zero attached hydrogens (tertiary/aromatic N) is 4. The molecule has 3 atom stereocenters. The van der Waals surface area contributed by atoms with Crippen molar-refractivity contribution in [1.29, 1.82) is 0 Å². The first-order valence-corrected chi connectivity index (χ1v) is 11.6. The molecule has 12 heteroatoms. The molecule has 6 rings (SSSR count). The number of nitrogens with one attached hydrogen (secondary N) is 1. The van der Waals surface area contributed by atoms with Crippen LogP contribution in [0.15, 0.2) is 41.5 Å². The van der Waals surface area contributed by atoms with Crippen LogP contribution in [0.4, 0.5) is 23.4 Å². The smallest absolute Gasteiger partial charge is 0.388 e. The van der Waals surface area contributed by atoms with Gasteiger partial charge in [0.25, 0.3) is 5.91 Å². The average Bonchev–Trinajstić information content (AvgIpc) is 3.74. The second-order valence-corrected chi connectivity index (χ2v) is 9.81. The largest absolute Gasteiger partial charge is 0.408 e. The zero-order chi connectivity index (χ0) is 25.4. The van der Waals surface area contributed by atoms with Crippen LogP contribution in [0.2, 0.25) is 0 Å². The van der Waals surface area contributed by atoms with Gasteiger partial charge in [-0.25, -0.2) is 14.4 Å². The minimum Gasteiger partial charge on any atom is -0.388 e. The van der Waals surface area contributed by atoms with Gasteiger partial charge in [0.15, 0.2) is 17.3 Å². The molecule has 4 heterocycles. The van der Waals surface area contributed by atoms with Crippen LogP contribution in [-0.4, -0.2) is 56.5 Å². The standard InChI is InChI=1S/C24H21F4N5O3/c25-16-2-1-7-29-21(16)33-10-15(22(35)31-19(12-3-4-12)24(26,27)28)18(34)14-5-6-17(30-20(14)33)32-9-13-8-23(13,36)11-32/h1-2,5-7,10,12-13,19,36H,3-4,8-9,11H2,(H,31,35)/t13?,19-,23?/m1/s1. The van der Waals surface area contributed by atoms with E-state index in [2.05, 4.69) is 9.97 Å². The summed E-state index contributed by atoms with van der Waals surface area (Å²) in [6.45, 7) is 0.927. The molecule has 0 bridgehead atoms. The third kappa shape index (κ3) is 3.80. The fraction of sp³-hybridized carbons (Fsp3) is 0.417. The van der Waals surface area contributed by atoms with E-state index >= 15 is 0 Å². The highest BCUT2D eigenvalue weighted by molar-refractivity contribution is 5.97. The van der Waals surface area contributed by atoms with Gasteiger partial charge in [-0.1, -0.05) is 0 Å². The highest BCUT2D eigenvalue weighted by atomic mass is 19.4. The van der Waals surface area contributed by atoms with Gasteiger partial charge in [-0.3, -0.25) is 14.2 Å². The van der Waals surface area contributed by atoms with Crippen LogP contribution in [0.1, 0.15) is 29.6 Å². The SMILES string of the molecule is O=C(N[C@H](C1CC1)C(F)(F)F)c1cn(-c2ncccc2F)c2nc(N3CC4CC4(O)C3)ccc2c1=O. The minimum atomic E-state index is -4.67. The number of anilines is 1. The molecule has 2 N–H and O–H groups in total. The minimum absolute atomic E-state index is 0.00576. The highest BCUT2D eigenvalue weighted by Gasteiger charge is 2.59. The number of halogens is 4. The molecule has 1 saturated heterocycles. The number of β-amino-alcohol motifs (C(OH)–C–C–N with tert-alkyl or cyclic N) is 1. The van der Waals surface area contributed by atoms with Gasteiger partial charge in [-0.05, 0) is 49.4 Å². The number of hydrogen-bond donors (Lipinski definition) is 2. The normalized spacial score (nSPS) is 24.0. The van der Waals surface area contributed by atoms with Crippen molar-refractivity contribution in [2.75, 3.05) is 18.0 Å². The van der Waals surface area contributed by atoms with E-state index < -0.39 is 46.5 Å². The van der Waals surface area contributed by atoms with E-state index in [9.17, 15) is 32.3 Å². The number of piperidine rings is 1. The van der Waals surface area contributed by atoms with Gasteiger partial charge < -0.3 is 15.3 Å². The lowest BCUT2D eigenvalue weighted by Gasteiger charge is -2.22. The highest BCUT2D eigenvalue weighted by Crippen LogP contribution is 2.50. The van der Waals surface area contributed by atoms with Gasteiger partial charge in [0.2, 0.25) is 5.43 Å². The molecule has 2 aliphatic carbocycles. The molecule has 2 unspecified atom stereocenters. The molecule has 188 valence electrons.